The van der Waals surface area contributed by atoms with Gasteiger partial charge in [-0.05, 0) is 52.9 Å². The van der Waals surface area contributed by atoms with Crippen molar-refractivity contribution in [2.75, 3.05) is 5.32 Å². The van der Waals surface area contributed by atoms with Gasteiger partial charge in [-0.25, -0.2) is 0 Å². The van der Waals surface area contributed by atoms with Crippen LogP contribution < -0.4 is 5.32 Å². The molecule has 2 heterocycles. The van der Waals surface area contributed by atoms with Gasteiger partial charge in [0.2, 0.25) is 5.76 Å². The molecule has 0 atom stereocenters. The molecule has 0 saturated carbocycles. The first-order valence-electron chi connectivity index (χ1n) is 8.31. The van der Waals surface area contributed by atoms with Crippen molar-refractivity contribution in [2.24, 2.45) is 0 Å². The van der Waals surface area contributed by atoms with E-state index in [2.05, 4.69) is 28.7 Å². The Morgan fingerprint density at radius 1 is 0.923 bits per heavy atom. The number of anilines is 1. The Labute approximate surface area is 149 Å². The Kier molecular flexibility index (Phi) is 3.25. The van der Waals surface area contributed by atoms with Crippen LogP contribution in [0.5, 0.6) is 0 Å². The van der Waals surface area contributed by atoms with Crippen LogP contribution >= 0.6 is 0 Å². The van der Waals surface area contributed by atoms with E-state index in [4.69, 9.17) is 8.94 Å². The van der Waals surface area contributed by atoms with Crippen molar-refractivity contribution >= 4 is 11.6 Å². The van der Waals surface area contributed by atoms with Crippen molar-refractivity contribution < 1.29 is 13.7 Å². The molecule has 0 bridgehead atoms. The first-order valence-corrected chi connectivity index (χ1v) is 8.31. The van der Waals surface area contributed by atoms with Gasteiger partial charge in [0.05, 0.1) is 6.26 Å². The number of carbonyl (C=O) groups is 1. The second-order valence-corrected chi connectivity index (χ2v) is 6.21. The van der Waals surface area contributed by atoms with Gasteiger partial charge in [0.1, 0.15) is 0 Å². The first-order chi connectivity index (χ1) is 12.8. The highest BCUT2D eigenvalue weighted by molar-refractivity contribution is 6.03. The second kappa shape index (κ2) is 5.74. The number of amides is 1. The largest absolute Gasteiger partial charge is 0.461 e. The van der Waals surface area contributed by atoms with Gasteiger partial charge in [-0.1, -0.05) is 35.5 Å². The van der Waals surface area contributed by atoms with E-state index in [-0.39, 0.29) is 11.6 Å². The van der Waals surface area contributed by atoms with Gasteiger partial charge in [0.25, 0.3) is 5.91 Å². The lowest BCUT2D eigenvalue weighted by atomic mass is 10.1. The minimum absolute atomic E-state index is 0.209. The third-order valence-corrected chi connectivity index (χ3v) is 4.56. The zero-order valence-electron chi connectivity index (χ0n) is 13.7. The Balaban J connectivity index is 1.37. The average Bonchev–Trinajstić information content (AvgIpc) is 3.39. The number of rotatable bonds is 3. The molecule has 0 aliphatic heterocycles. The molecule has 5 nitrogen and oxygen atoms in total. The monoisotopic (exact) mass is 342 g/mol. The predicted molar refractivity (Wildman–Crippen MR) is 96.8 cm³/mol. The highest BCUT2D eigenvalue weighted by atomic mass is 16.5. The summed E-state index contributed by atoms with van der Waals surface area (Å²) in [5.74, 6) is 0.637. The Hall–Kier alpha value is -3.60. The van der Waals surface area contributed by atoms with Gasteiger partial charge >= 0.3 is 0 Å². The van der Waals surface area contributed by atoms with Crippen LogP contribution in [0.25, 0.3) is 22.6 Å². The molecule has 0 unspecified atom stereocenters. The summed E-state index contributed by atoms with van der Waals surface area (Å²) in [5, 5.41) is 6.71. The summed E-state index contributed by atoms with van der Waals surface area (Å²) in [5.41, 5.74) is 5.95. The van der Waals surface area contributed by atoms with Crippen LogP contribution in [-0.2, 0) is 6.42 Å². The molecule has 0 fully saturated rings. The number of hydrogen-bond acceptors (Lipinski definition) is 4. The number of benzene rings is 2. The molecule has 0 spiro atoms. The van der Waals surface area contributed by atoms with E-state index >= 15 is 0 Å². The molecular weight excluding hydrogens is 328 g/mol. The molecule has 26 heavy (non-hydrogen) atoms. The number of nitrogens with one attached hydrogen (secondary N) is 1. The molecule has 0 saturated heterocycles. The van der Waals surface area contributed by atoms with Gasteiger partial charge < -0.3 is 14.3 Å². The number of nitrogens with zero attached hydrogens (tertiary/aromatic N) is 1. The normalized spacial score (nSPS) is 11.8. The van der Waals surface area contributed by atoms with Crippen LogP contribution in [0.4, 0.5) is 5.69 Å². The topological polar surface area (TPSA) is 68.3 Å². The lowest BCUT2D eigenvalue weighted by Gasteiger charge is -2.06. The summed E-state index contributed by atoms with van der Waals surface area (Å²) in [7, 11) is 0. The Bertz CT molecular complexity index is 1110. The van der Waals surface area contributed by atoms with Crippen molar-refractivity contribution in [2.45, 2.75) is 6.42 Å². The minimum atomic E-state index is -0.318. The predicted octanol–water partition coefficient (Wildman–Crippen LogP) is 4.76. The van der Waals surface area contributed by atoms with E-state index in [0.29, 0.717) is 11.5 Å². The summed E-state index contributed by atoms with van der Waals surface area (Å²) in [4.78, 5) is 12.5. The summed E-state index contributed by atoms with van der Waals surface area (Å²) in [6, 6.07) is 19.4. The number of hydrogen-bond donors (Lipinski definition) is 1. The zero-order valence-corrected chi connectivity index (χ0v) is 13.7. The fraction of sp³-hybridized carbons (Fsp3) is 0.0476. The summed E-state index contributed by atoms with van der Waals surface area (Å²) < 4.78 is 10.4. The Morgan fingerprint density at radius 3 is 2.69 bits per heavy atom. The van der Waals surface area contributed by atoms with E-state index in [1.807, 2.05) is 24.3 Å². The second-order valence-electron chi connectivity index (χ2n) is 6.21. The minimum Gasteiger partial charge on any atom is -0.461 e. The van der Waals surface area contributed by atoms with E-state index < -0.39 is 0 Å². The van der Waals surface area contributed by atoms with Crippen molar-refractivity contribution in [3.05, 3.63) is 83.7 Å². The third-order valence-electron chi connectivity index (χ3n) is 4.56. The van der Waals surface area contributed by atoms with E-state index in [9.17, 15) is 4.79 Å². The third kappa shape index (κ3) is 2.41. The maximum absolute atomic E-state index is 12.5. The van der Waals surface area contributed by atoms with Gasteiger partial charge in [-0.2, -0.15) is 0 Å². The molecule has 1 aliphatic carbocycles. The highest BCUT2D eigenvalue weighted by Gasteiger charge is 2.19. The fourth-order valence-electron chi connectivity index (χ4n) is 3.34. The molecule has 1 amide bonds. The quantitative estimate of drug-likeness (QED) is 0.513. The molecule has 1 aliphatic rings. The molecule has 5 heteroatoms. The maximum atomic E-state index is 12.5. The molecular formula is C21H14N2O3. The number of furan rings is 1. The standard InChI is InChI=1S/C21H14N2O3/c24-21(18-12-20(26-23-18)19-6-3-9-25-19)22-15-7-8-17-14(11-15)10-13-4-1-2-5-16(13)17/h1-9,11-12H,10H2,(H,22,24). The lowest BCUT2D eigenvalue weighted by Crippen LogP contribution is -2.12. The highest BCUT2D eigenvalue weighted by Crippen LogP contribution is 2.37. The van der Waals surface area contributed by atoms with E-state index in [1.54, 1.807) is 24.5 Å². The number of carbonyl (C=O) groups excluding carboxylic acids is 1. The smallest absolute Gasteiger partial charge is 0.277 e. The molecule has 2 aromatic carbocycles. The lowest BCUT2D eigenvalue weighted by molar-refractivity contribution is 0.101. The van der Waals surface area contributed by atoms with Gasteiger partial charge in [0, 0.05) is 11.8 Å². The molecule has 4 aromatic rings. The van der Waals surface area contributed by atoms with Crippen molar-refractivity contribution in [1.82, 2.24) is 5.16 Å². The average molecular weight is 342 g/mol. The molecule has 5 rings (SSSR count). The van der Waals surface area contributed by atoms with Crippen LogP contribution in [-0.4, -0.2) is 11.1 Å². The van der Waals surface area contributed by atoms with Crippen molar-refractivity contribution in [3.8, 4) is 22.6 Å². The molecule has 1 N–H and O–H groups in total. The molecule has 2 aromatic heterocycles. The van der Waals surface area contributed by atoms with Crippen LogP contribution in [0.1, 0.15) is 21.6 Å². The maximum Gasteiger partial charge on any atom is 0.277 e. The summed E-state index contributed by atoms with van der Waals surface area (Å²) in [6.07, 6.45) is 2.42. The summed E-state index contributed by atoms with van der Waals surface area (Å²) >= 11 is 0. The van der Waals surface area contributed by atoms with Crippen LogP contribution in [0.15, 0.2) is 75.9 Å². The number of fused-ring (bicyclic) bond motifs is 3. The van der Waals surface area contributed by atoms with Crippen LogP contribution in [0.2, 0.25) is 0 Å². The zero-order chi connectivity index (χ0) is 17.5. The fourth-order valence-corrected chi connectivity index (χ4v) is 3.34. The van der Waals surface area contributed by atoms with E-state index in [0.717, 1.165) is 12.1 Å². The van der Waals surface area contributed by atoms with Crippen LogP contribution in [0.3, 0.4) is 0 Å². The van der Waals surface area contributed by atoms with Crippen molar-refractivity contribution in [1.29, 1.82) is 0 Å². The van der Waals surface area contributed by atoms with E-state index in [1.165, 1.54) is 22.3 Å². The Morgan fingerprint density at radius 2 is 1.81 bits per heavy atom. The number of aromatic nitrogens is 1. The van der Waals surface area contributed by atoms with Crippen LogP contribution in [0, 0.1) is 0 Å². The van der Waals surface area contributed by atoms with Crippen molar-refractivity contribution in [3.63, 3.8) is 0 Å². The van der Waals surface area contributed by atoms with Gasteiger partial charge in [-0.3, -0.25) is 4.79 Å². The first kappa shape index (κ1) is 14.7. The molecule has 0 radical (unpaired) electrons. The van der Waals surface area contributed by atoms with Gasteiger partial charge in [0.15, 0.2) is 11.5 Å². The van der Waals surface area contributed by atoms with Gasteiger partial charge in [-0.15, -0.1) is 0 Å². The molecule has 126 valence electrons. The summed E-state index contributed by atoms with van der Waals surface area (Å²) in [6.45, 7) is 0. The SMILES string of the molecule is O=C(Nc1ccc2c(c1)Cc1ccccc1-2)c1cc(-c2ccco2)on1.